The molecule has 4 unspecified atom stereocenters. The standard InChI is InChI=1S/C27H26Cl2N4O2/c1-16-24(18-5-9-20(28)10-6-18)33(25(17(2)26(16)34)19-7-11-21(29)12-8-19)35-15-13-23-31-22-4-3-14-30-27(22)32-23/h3-12,14,16-17,24-25H,13,15H2,1-2H3,(H,30,31,32). The molecule has 4 atom stereocenters. The fourth-order valence-corrected chi connectivity index (χ4v) is 5.20. The monoisotopic (exact) mass is 508 g/mol. The van der Waals surface area contributed by atoms with Gasteiger partial charge in [-0.3, -0.25) is 9.63 Å². The van der Waals surface area contributed by atoms with Gasteiger partial charge < -0.3 is 4.98 Å². The van der Waals surface area contributed by atoms with Crippen LogP contribution in [0.5, 0.6) is 0 Å². The van der Waals surface area contributed by atoms with Crippen LogP contribution in [-0.4, -0.2) is 32.4 Å². The summed E-state index contributed by atoms with van der Waals surface area (Å²) >= 11 is 12.3. The molecule has 4 aromatic rings. The molecular formula is C27H26Cl2N4O2. The van der Waals surface area contributed by atoms with Crippen molar-refractivity contribution in [2.24, 2.45) is 11.8 Å². The highest BCUT2D eigenvalue weighted by molar-refractivity contribution is 6.30. The molecule has 2 aromatic carbocycles. The predicted molar refractivity (Wildman–Crippen MR) is 137 cm³/mol. The first-order valence-corrected chi connectivity index (χ1v) is 12.4. The van der Waals surface area contributed by atoms with Crippen molar-refractivity contribution >= 4 is 40.1 Å². The fraction of sp³-hybridized carbons (Fsp3) is 0.296. The largest absolute Gasteiger partial charge is 0.341 e. The van der Waals surface area contributed by atoms with Crippen LogP contribution in [0.4, 0.5) is 0 Å². The minimum atomic E-state index is -0.269. The molecule has 1 N–H and O–H groups in total. The van der Waals surface area contributed by atoms with E-state index in [1.54, 1.807) is 6.20 Å². The number of fused-ring (bicyclic) bond motifs is 1. The number of rotatable bonds is 6. The number of piperidine rings is 1. The number of hydrogen-bond donors (Lipinski definition) is 1. The normalized spacial score (nSPS) is 23.1. The number of nitrogens with zero attached hydrogens (tertiary/aromatic N) is 3. The maximum atomic E-state index is 13.4. The van der Waals surface area contributed by atoms with Gasteiger partial charge in [-0.05, 0) is 47.5 Å². The average molecular weight is 509 g/mol. The van der Waals surface area contributed by atoms with Gasteiger partial charge in [0.25, 0.3) is 0 Å². The average Bonchev–Trinajstić information content (AvgIpc) is 3.28. The molecule has 1 saturated heterocycles. The SMILES string of the molecule is CC1C(=O)C(C)C(c2ccc(Cl)cc2)N(OCCc2nc3ncccc3[nH]2)C1c1ccc(Cl)cc1. The molecule has 0 saturated carbocycles. The van der Waals surface area contributed by atoms with Crippen LogP contribution < -0.4 is 0 Å². The van der Waals surface area contributed by atoms with Gasteiger partial charge in [0, 0.05) is 34.5 Å². The van der Waals surface area contributed by atoms with Gasteiger partial charge in [-0.15, -0.1) is 0 Å². The number of hydrogen-bond acceptors (Lipinski definition) is 5. The van der Waals surface area contributed by atoms with Gasteiger partial charge in [0.05, 0.1) is 24.2 Å². The molecule has 180 valence electrons. The number of benzene rings is 2. The van der Waals surface area contributed by atoms with Crippen molar-refractivity contribution in [3.05, 3.63) is 93.9 Å². The van der Waals surface area contributed by atoms with Gasteiger partial charge in [0.1, 0.15) is 11.6 Å². The third-order valence-electron chi connectivity index (χ3n) is 6.70. The number of hydroxylamine groups is 2. The van der Waals surface area contributed by atoms with Crippen LogP contribution in [0, 0.1) is 11.8 Å². The number of Topliss-reactive ketones (excluding diaryl/α,β-unsaturated/α-hetero) is 1. The van der Waals surface area contributed by atoms with Crippen molar-refractivity contribution in [3.8, 4) is 0 Å². The number of halogens is 2. The summed E-state index contributed by atoms with van der Waals surface area (Å²) in [4.78, 5) is 32.1. The molecule has 8 heteroatoms. The summed E-state index contributed by atoms with van der Waals surface area (Å²) < 4.78 is 0. The van der Waals surface area contributed by atoms with Gasteiger partial charge >= 0.3 is 0 Å². The number of H-pyrrole nitrogens is 1. The zero-order valence-corrected chi connectivity index (χ0v) is 21.0. The first kappa shape index (κ1) is 23.9. The summed E-state index contributed by atoms with van der Waals surface area (Å²) in [5.41, 5.74) is 3.54. The maximum absolute atomic E-state index is 13.4. The molecule has 0 bridgehead atoms. The number of pyridine rings is 1. The van der Waals surface area contributed by atoms with E-state index in [1.807, 2.05) is 79.6 Å². The number of nitrogens with one attached hydrogen (secondary N) is 1. The second-order valence-electron chi connectivity index (χ2n) is 8.97. The summed E-state index contributed by atoms with van der Waals surface area (Å²) in [6, 6.07) is 18.6. The number of aromatic amines is 1. The van der Waals surface area contributed by atoms with E-state index in [-0.39, 0.29) is 29.7 Å². The molecule has 0 radical (unpaired) electrons. The maximum Gasteiger partial charge on any atom is 0.177 e. The van der Waals surface area contributed by atoms with Crippen LogP contribution in [0.15, 0.2) is 66.9 Å². The Morgan fingerprint density at radius 3 is 2.03 bits per heavy atom. The van der Waals surface area contributed by atoms with Crippen molar-refractivity contribution < 1.29 is 9.63 Å². The van der Waals surface area contributed by atoms with Crippen molar-refractivity contribution in [2.45, 2.75) is 32.4 Å². The summed E-state index contributed by atoms with van der Waals surface area (Å²) in [5, 5.41) is 3.29. The molecular weight excluding hydrogens is 483 g/mol. The quantitative estimate of drug-likeness (QED) is 0.327. The van der Waals surface area contributed by atoms with E-state index in [1.165, 1.54) is 0 Å². The number of imidazole rings is 1. The van der Waals surface area contributed by atoms with Crippen LogP contribution >= 0.6 is 23.2 Å². The van der Waals surface area contributed by atoms with Gasteiger partial charge in [0.15, 0.2) is 5.65 Å². The number of carbonyl (C=O) groups excluding carboxylic acids is 1. The van der Waals surface area contributed by atoms with Crippen LogP contribution in [0.2, 0.25) is 10.0 Å². The topological polar surface area (TPSA) is 71.1 Å². The summed E-state index contributed by atoms with van der Waals surface area (Å²) in [7, 11) is 0. The molecule has 0 amide bonds. The Bertz CT molecular complexity index is 1230. The highest BCUT2D eigenvalue weighted by atomic mass is 35.5. The minimum absolute atomic E-state index is 0.202. The predicted octanol–water partition coefficient (Wildman–Crippen LogP) is 6.38. The lowest BCUT2D eigenvalue weighted by molar-refractivity contribution is -0.246. The molecule has 3 heterocycles. The van der Waals surface area contributed by atoms with Gasteiger partial charge in [-0.1, -0.05) is 61.3 Å². The van der Waals surface area contributed by atoms with Gasteiger partial charge in [-0.25, -0.2) is 9.97 Å². The van der Waals surface area contributed by atoms with E-state index < -0.39 is 0 Å². The Balaban J connectivity index is 1.47. The second kappa shape index (κ2) is 10.1. The Hall–Kier alpha value is -2.77. The highest BCUT2D eigenvalue weighted by Gasteiger charge is 2.47. The molecule has 35 heavy (non-hydrogen) atoms. The Morgan fingerprint density at radius 2 is 1.49 bits per heavy atom. The zero-order valence-electron chi connectivity index (χ0n) is 19.5. The molecule has 5 rings (SSSR count). The van der Waals surface area contributed by atoms with Gasteiger partial charge in [0.2, 0.25) is 0 Å². The Kier molecular flexibility index (Phi) is 6.89. The fourth-order valence-electron chi connectivity index (χ4n) is 4.95. The Morgan fingerprint density at radius 1 is 0.914 bits per heavy atom. The molecule has 6 nitrogen and oxygen atoms in total. The summed E-state index contributed by atoms with van der Waals surface area (Å²) in [5.74, 6) is 0.488. The molecule has 2 aromatic heterocycles. The van der Waals surface area contributed by atoms with E-state index in [0.29, 0.717) is 28.7 Å². The number of carbonyl (C=O) groups is 1. The van der Waals surface area contributed by atoms with Gasteiger partial charge in [-0.2, -0.15) is 5.06 Å². The van der Waals surface area contributed by atoms with Crippen LogP contribution in [0.3, 0.4) is 0 Å². The van der Waals surface area contributed by atoms with Crippen LogP contribution in [-0.2, 0) is 16.1 Å². The number of ketones is 1. The van der Waals surface area contributed by atoms with Crippen molar-refractivity contribution in [2.75, 3.05) is 6.61 Å². The first-order chi connectivity index (χ1) is 16.9. The second-order valence-corrected chi connectivity index (χ2v) is 9.85. The molecule has 0 spiro atoms. The van der Waals surface area contributed by atoms with E-state index in [4.69, 9.17) is 28.0 Å². The number of aromatic nitrogens is 3. The van der Waals surface area contributed by atoms with E-state index in [0.717, 1.165) is 22.5 Å². The van der Waals surface area contributed by atoms with Crippen molar-refractivity contribution in [1.29, 1.82) is 0 Å². The van der Waals surface area contributed by atoms with Crippen molar-refractivity contribution in [3.63, 3.8) is 0 Å². The van der Waals surface area contributed by atoms with E-state index in [9.17, 15) is 4.79 Å². The lowest BCUT2D eigenvalue weighted by Crippen LogP contribution is -2.49. The van der Waals surface area contributed by atoms with Crippen LogP contribution in [0.1, 0.15) is 42.9 Å². The Labute approximate surface area is 214 Å². The first-order valence-electron chi connectivity index (χ1n) is 11.7. The van der Waals surface area contributed by atoms with E-state index in [2.05, 4.69) is 15.0 Å². The lowest BCUT2D eigenvalue weighted by atomic mass is 9.76. The van der Waals surface area contributed by atoms with E-state index >= 15 is 0 Å². The summed E-state index contributed by atoms with van der Waals surface area (Å²) in [6.45, 7) is 4.33. The van der Waals surface area contributed by atoms with Crippen LogP contribution in [0.25, 0.3) is 11.2 Å². The molecule has 0 aliphatic carbocycles. The smallest absolute Gasteiger partial charge is 0.177 e. The highest BCUT2D eigenvalue weighted by Crippen LogP contribution is 2.46. The molecule has 1 aliphatic heterocycles. The molecule has 1 fully saturated rings. The molecule has 1 aliphatic rings. The third-order valence-corrected chi connectivity index (χ3v) is 7.21. The lowest BCUT2D eigenvalue weighted by Gasteiger charge is -2.47. The third kappa shape index (κ3) is 4.84. The minimum Gasteiger partial charge on any atom is -0.341 e. The zero-order chi connectivity index (χ0) is 24.5. The summed E-state index contributed by atoms with van der Waals surface area (Å²) in [6.07, 6.45) is 2.30. The van der Waals surface area contributed by atoms with Crippen molar-refractivity contribution in [1.82, 2.24) is 20.0 Å².